The summed E-state index contributed by atoms with van der Waals surface area (Å²) in [5.41, 5.74) is 2.29. The number of hydrogen-bond donors (Lipinski definition) is 0. The summed E-state index contributed by atoms with van der Waals surface area (Å²) in [6.07, 6.45) is 1.96. The van der Waals surface area contributed by atoms with Crippen LogP contribution in [0.4, 0.5) is 0 Å². The van der Waals surface area contributed by atoms with E-state index >= 15 is 0 Å². The number of aromatic nitrogens is 2. The third kappa shape index (κ3) is 3.29. The largest absolute Gasteiger partial charge is 0.341 e. The van der Waals surface area contributed by atoms with Gasteiger partial charge in [0.25, 0.3) is 5.91 Å². The van der Waals surface area contributed by atoms with E-state index < -0.39 is 0 Å². The topological polar surface area (TPSA) is 38.1 Å². The van der Waals surface area contributed by atoms with Crippen molar-refractivity contribution in [3.8, 4) is 0 Å². The Morgan fingerprint density at radius 3 is 2.74 bits per heavy atom. The minimum absolute atomic E-state index is 0.0960. The van der Waals surface area contributed by atoms with Crippen molar-refractivity contribution in [2.75, 3.05) is 13.6 Å². The molecule has 0 atom stereocenters. The van der Waals surface area contributed by atoms with Crippen molar-refractivity contribution in [1.82, 2.24) is 14.7 Å². The second-order valence-electron chi connectivity index (χ2n) is 5.85. The molecule has 1 aromatic carbocycles. The number of hydrogen-bond acceptors (Lipinski definition) is 3. The molecular formula is C18H21N3OS. The highest BCUT2D eigenvalue weighted by Crippen LogP contribution is 2.28. The van der Waals surface area contributed by atoms with Crippen LogP contribution < -0.4 is 0 Å². The molecule has 2 aromatic heterocycles. The van der Waals surface area contributed by atoms with Crippen molar-refractivity contribution in [3.63, 3.8) is 0 Å². The minimum atomic E-state index is 0.0960. The average molecular weight is 327 g/mol. The van der Waals surface area contributed by atoms with Gasteiger partial charge in [-0.2, -0.15) is 5.10 Å². The summed E-state index contributed by atoms with van der Waals surface area (Å²) < 4.78 is 1.85. The molecule has 0 saturated heterocycles. The molecule has 0 fully saturated rings. The van der Waals surface area contributed by atoms with Crippen molar-refractivity contribution >= 4 is 27.5 Å². The lowest BCUT2D eigenvalue weighted by Crippen LogP contribution is -2.27. The van der Waals surface area contributed by atoms with E-state index in [1.165, 1.54) is 16.9 Å². The summed E-state index contributed by atoms with van der Waals surface area (Å²) in [6.45, 7) is 2.74. The first kappa shape index (κ1) is 15.7. The zero-order valence-electron chi connectivity index (χ0n) is 13.7. The molecule has 0 bridgehead atoms. The number of nitrogens with zero attached hydrogens (tertiary/aromatic N) is 3. The summed E-state index contributed by atoms with van der Waals surface area (Å²) in [7, 11) is 3.80. The van der Waals surface area contributed by atoms with Gasteiger partial charge in [0.05, 0.1) is 10.6 Å². The van der Waals surface area contributed by atoms with Gasteiger partial charge in [-0.25, -0.2) is 0 Å². The van der Waals surface area contributed by atoms with Crippen LogP contribution in [0.15, 0.2) is 36.4 Å². The Hall–Kier alpha value is -2.14. The highest BCUT2D eigenvalue weighted by Gasteiger charge is 2.17. The van der Waals surface area contributed by atoms with Gasteiger partial charge in [0, 0.05) is 26.0 Å². The third-order valence-electron chi connectivity index (χ3n) is 4.06. The molecule has 0 aliphatic carbocycles. The number of amides is 1. The highest BCUT2D eigenvalue weighted by molar-refractivity contribution is 7.20. The van der Waals surface area contributed by atoms with Gasteiger partial charge in [0.15, 0.2) is 0 Å². The fourth-order valence-electron chi connectivity index (χ4n) is 2.77. The van der Waals surface area contributed by atoms with Crippen LogP contribution in [0.2, 0.25) is 0 Å². The summed E-state index contributed by atoms with van der Waals surface area (Å²) in [5.74, 6) is 0.0960. The molecule has 23 heavy (non-hydrogen) atoms. The molecule has 2 heterocycles. The molecule has 0 spiro atoms. The lowest BCUT2D eigenvalue weighted by molar-refractivity contribution is 0.0798. The van der Waals surface area contributed by atoms with Crippen LogP contribution in [-0.2, 0) is 13.5 Å². The number of carbonyl (C=O) groups excluding carboxylic acids is 1. The fraction of sp³-hybridized carbons (Fsp3) is 0.333. The molecule has 0 unspecified atom stereocenters. The second-order valence-corrected chi connectivity index (χ2v) is 6.89. The van der Waals surface area contributed by atoms with Crippen LogP contribution in [0.25, 0.3) is 10.2 Å². The SMILES string of the molecule is Cc1nn(C)c2sc(C(=O)N(C)CCCc3ccccc3)cc12. The minimum Gasteiger partial charge on any atom is -0.341 e. The molecule has 120 valence electrons. The molecule has 0 radical (unpaired) electrons. The smallest absolute Gasteiger partial charge is 0.263 e. The molecule has 3 aromatic rings. The van der Waals surface area contributed by atoms with Crippen molar-refractivity contribution in [2.24, 2.45) is 7.05 Å². The Bertz CT molecular complexity index is 785. The van der Waals surface area contributed by atoms with Gasteiger partial charge < -0.3 is 4.90 Å². The zero-order chi connectivity index (χ0) is 16.4. The molecule has 4 nitrogen and oxygen atoms in total. The molecule has 0 aliphatic rings. The predicted molar refractivity (Wildman–Crippen MR) is 95.1 cm³/mol. The third-order valence-corrected chi connectivity index (χ3v) is 5.25. The van der Waals surface area contributed by atoms with E-state index in [1.807, 2.05) is 42.7 Å². The molecule has 5 heteroatoms. The second kappa shape index (κ2) is 6.54. The lowest BCUT2D eigenvalue weighted by atomic mass is 10.1. The maximum atomic E-state index is 12.6. The molecular weight excluding hydrogens is 306 g/mol. The van der Waals surface area contributed by atoms with E-state index in [4.69, 9.17) is 0 Å². The van der Waals surface area contributed by atoms with Gasteiger partial charge in [-0.15, -0.1) is 11.3 Å². The number of rotatable bonds is 5. The Morgan fingerprint density at radius 1 is 1.30 bits per heavy atom. The van der Waals surface area contributed by atoms with Crippen molar-refractivity contribution < 1.29 is 4.79 Å². The number of aryl methyl sites for hydroxylation is 3. The number of benzene rings is 1. The highest BCUT2D eigenvalue weighted by atomic mass is 32.1. The number of thiophene rings is 1. The van der Waals surface area contributed by atoms with Gasteiger partial charge in [0.1, 0.15) is 4.83 Å². The summed E-state index contributed by atoms with van der Waals surface area (Å²) in [6, 6.07) is 12.4. The van der Waals surface area contributed by atoms with E-state index in [2.05, 4.69) is 29.4 Å². The molecule has 3 rings (SSSR count). The average Bonchev–Trinajstić information content (AvgIpc) is 3.10. The van der Waals surface area contributed by atoms with Gasteiger partial charge in [-0.05, 0) is 31.4 Å². The zero-order valence-corrected chi connectivity index (χ0v) is 14.6. The van der Waals surface area contributed by atoms with Gasteiger partial charge in [-0.3, -0.25) is 9.48 Å². The van der Waals surface area contributed by atoms with Crippen molar-refractivity contribution in [1.29, 1.82) is 0 Å². The Morgan fingerprint density at radius 2 is 2.04 bits per heavy atom. The maximum Gasteiger partial charge on any atom is 0.263 e. The lowest BCUT2D eigenvalue weighted by Gasteiger charge is -2.16. The Kier molecular flexibility index (Phi) is 4.48. The summed E-state index contributed by atoms with van der Waals surface area (Å²) in [5, 5.41) is 5.46. The summed E-state index contributed by atoms with van der Waals surface area (Å²) >= 11 is 1.52. The normalized spacial score (nSPS) is 11.1. The first-order valence-electron chi connectivity index (χ1n) is 7.79. The first-order valence-corrected chi connectivity index (χ1v) is 8.60. The van der Waals surface area contributed by atoms with E-state index in [9.17, 15) is 4.79 Å². The number of carbonyl (C=O) groups is 1. The molecule has 0 aliphatic heterocycles. The Balaban J connectivity index is 1.63. The van der Waals surface area contributed by atoms with Crippen LogP contribution in [-0.4, -0.2) is 34.2 Å². The van der Waals surface area contributed by atoms with Crippen LogP contribution in [0, 0.1) is 6.92 Å². The fourth-order valence-corrected chi connectivity index (χ4v) is 3.88. The maximum absolute atomic E-state index is 12.6. The van der Waals surface area contributed by atoms with E-state index in [0.29, 0.717) is 0 Å². The predicted octanol–water partition coefficient (Wildman–Crippen LogP) is 3.65. The van der Waals surface area contributed by atoms with Crippen LogP contribution in [0.3, 0.4) is 0 Å². The standard InChI is InChI=1S/C18H21N3OS/c1-13-15-12-16(23-18(15)21(3)19-13)17(22)20(2)11-7-10-14-8-5-4-6-9-14/h4-6,8-9,12H,7,10-11H2,1-3H3. The monoisotopic (exact) mass is 327 g/mol. The van der Waals surface area contributed by atoms with Crippen molar-refractivity contribution in [2.45, 2.75) is 19.8 Å². The van der Waals surface area contributed by atoms with Crippen LogP contribution >= 0.6 is 11.3 Å². The van der Waals surface area contributed by atoms with Gasteiger partial charge >= 0.3 is 0 Å². The molecule has 1 amide bonds. The van der Waals surface area contributed by atoms with E-state index in [1.54, 1.807) is 0 Å². The van der Waals surface area contributed by atoms with Crippen molar-refractivity contribution in [3.05, 3.63) is 52.5 Å². The van der Waals surface area contributed by atoms with Crippen LogP contribution in [0.5, 0.6) is 0 Å². The van der Waals surface area contributed by atoms with E-state index in [-0.39, 0.29) is 5.91 Å². The Labute approximate surface area is 140 Å². The molecule has 0 saturated carbocycles. The first-order chi connectivity index (χ1) is 11.1. The molecule has 0 N–H and O–H groups in total. The van der Waals surface area contributed by atoms with E-state index in [0.717, 1.165) is 40.2 Å². The van der Waals surface area contributed by atoms with Gasteiger partial charge in [0.2, 0.25) is 0 Å². The van der Waals surface area contributed by atoms with Crippen LogP contribution in [0.1, 0.15) is 27.3 Å². The van der Waals surface area contributed by atoms with Gasteiger partial charge in [-0.1, -0.05) is 30.3 Å². The summed E-state index contributed by atoms with van der Waals surface area (Å²) in [4.78, 5) is 16.2. The number of fused-ring (bicyclic) bond motifs is 1. The quantitative estimate of drug-likeness (QED) is 0.717.